The minimum atomic E-state index is -3.60. The summed E-state index contributed by atoms with van der Waals surface area (Å²) in [4.78, 5) is 0. The Labute approximate surface area is 37.2 Å². The first-order chi connectivity index (χ1) is 2.24. The number of hydrogen-bond acceptors (Lipinski definition) is 1. The molecule has 0 aliphatic rings. The van der Waals surface area contributed by atoms with Gasteiger partial charge in [0.05, 0.1) is 0 Å². The van der Waals surface area contributed by atoms with Gasteiger partial charge < -0.3 is 0 Å². The van der Waals surface area contributed by atoms with Crippen LogP contribution in [0.1, 0.15) is 0 Å². The summed E-state index contributed by atoms with van der Waals surface area (Å²) in [7, 11) is -3.60. The van der Waals surface area contributed by atoms with Crippen molar-refractivity contribution in [3.8, 4) is 0 Å². The SMILES string of the molecule is CS(C)(C)(=O)F. The molecule has 0 radical (unpaired) electrons. The average molecular weight is 112 g/mol. The molecule has 0 unspecified atom stereocenters. The Morgan fingerprint density at radius 3 is 1.33 bits per heavy atom. The molecule has 0 heterocycles. The molecule has 0 rings (SSSR count). The zero-order chi connectivity index (χ0) is 5.45. The van der Waals surface area contributed by atoms with Gasteiger partial charge in [-0.25, -0.2) is 0 Å². The van der Waals surface area contributed by atoms with Crippen LogP contribution in [0, 0.1) is 0 Å². The van der Waals surface area contributed by atoms with Gasteiger partial charge in [-0.1, -0.05) is 0 Å². The quantitative estimate of drug-likeness (QED) is 0.419. The lowest BCUT2D eigenvalue weighted by atomic mass is 11.9. The van der Waals surface area contributed by atoms with Gasteiger partial charge in [-0.15, -0.1) is 0 Å². The molecule has 40 valence electrons. The smallest absolute Gasteiger partial charge is 0.0242 e. The minimum absolute atomic E-state index is 1.09. The minimum Gasteiger partial charge on any atom is -0.254 e. The molecule has 0 saturated heterocycles. The van der Waals surface area contributed by atoms with Crippen molar-refractivity contribution in [1.82, 2.24) is 0 Å². The van der Waals surface area contributed by atoms with E-state index in [0.29, 0.717) is 0 Å². The van der Waals surface area contributed by atoms with Crippen LogP contribution in [0.25, 0.3) is 0 Å². The van der Waals surface area contributed by atoms with Gasteiger partial charge in [-0.3, -0.25) is 4.21 Å². The first-order valence-corrected chi connectivity index (χ1v) is 4.64. The molecule has 0 atom stereocenters. The maximum atomic E-state index is 11.9. The van der Waals surface area contributed by atoms with Crippen molar-refractivity contribution in [1.29, 1.82) is 0 Å². The molecule has 0 aliphatic carbocycles. The van der Waals surface area contributed by atoms with Crippen molar-refractivity contribution in [3.63, 3.8) is 0 Å². The molecule has 0 aromatic carbocycles. The first kappa shape index (κ1) is 6.08. The van der Waals surface area contributed by atoms with Gasteiger partial charge >= 0.3 is 0 Å². The van der Waals surface area contributed by atoms with Crippen molar-refractivity contribution in [2.45, 2.75) is 0 Å². The molecule has 0 saturated carbocycles. The van der Waals surface area contributed by atoms with Crippen molar-refractivity contribution in [2.75, 3.05) is 18.8 Å². The van der Waals surface area contributed by atoms with Gasteiger partial charge in [0.15, 0.2) is 0 Å². The Hall–Kier alpha value is 0.0800. The molecule has 0 bridgehead atoms. The Morgan fingerprint density at radius 2 is 1.33 bits per heavy atom. The average Bonchev–Trinajstić information content (AvgIpc) is 0.650. The number of rotatable bonds is 0. The maximum absolute atomic E-state index is 11.9. The predicted octanol–water partition coefficient (Wildman–Crippen LogP) is 0.580. The van der Waals surface area contributed by atoms with Gasteiger partial charge in [0.2, 0.25) is 0 Å². The van der Waals surface area contributed by atoms with Gasteiger partial charge in [-0.05, 0) is 0 Å². The molecule has 1 nitrogen and oxygen atoms in total. The Morgan fingerprint density at radius 1 is 1.33 bits per heavy atom. The van der Waals surface area contributed by atoms with Crippen LogP contribution >= 0.6 is 0 Å². The van der Waals surface area contributed by atoms with E-state index in [-0.39, 0.29) is 0 Å². The molecule has 3 heteroatoms. The highest BCUT2D eigenvalue weighted by atomic mass is 32.3. The van der Waals surface area contributed by atoms with Gasteiger partial charge in [0.1, 0.15) is 0 Å². The third kappa shape index (κ3) is 6050. The lowest BCUT2D eigenvalue weighted by Gasteiger charge is -2.14. The van der Waals surface area contributed by atoms with Gasteiger partial charge in [0, 0.05) is 28.2 Å². The van der Waals surface area contributed by atoms with Crippen LogP contribution in [0.3, 0.4) is 0 Å². The van der Waals surface area contributed by atoms with E-state index in [0.717, 1.165) is 18.8 Å². The fourth-order valence-electron chi connectivity index (χ4n) is 0. The summed E-state index contributed by atoms with van der Waals surface area (Å²) in [6.07, 6.45) is 3.28. The molecule has 0 N–H and O–H groups in total. The summed E-state index contributed by atoms with van der Waals surface area (Å²) < 4.78 is 22.0. The van der Waals surface area contributed by atoms with Crippen LogP contribution < -0.4 is 0 Å². The second-order valence-corrected chi connectivity index (χ2v) is 6.75. The van der Waals surface area contributed by atoms with E-state index in [1.165, 1.54) is 0 Å². The lowest BCUT2D eigenvalue weighted by molar-refractivity contribution is 0.626. The highest BCUT2D eigenvalue weighted by molar-refractivity contribution is 8.13. The van der Waals surface area contributed by atoms with E-state index in [2.05, 4.69) is 0 Å². The topological polar surface area (TPSA) is 17.1 Å². The Bertz CT molecular complexity index is 88.5. The Balaban J connectivity index is 4.16. The van der Waals surface area contributed by atoms with Crippen molar-refractivity contribution < 1.29 is 8.09 Å². The van der Waals surface area contributed by atoms with Crippen LogP contribution in [0.5, 0.6) is 0 Å². The van der Waals surface area contributed by atoms with Crippen LogP contribution in [0.4, 0.5) is 3.89 Å². The maximum Gasteiger partial charge on any atom is 0.0242 e. The largest absolute Gasteiger partial charge is 0.254 e. The summed E-state index contributed by atoms with van der Waals surface area (Å²) >= 11 is 0. The second kappa shape index (κ2) is 0.832. The van der Waals surface area contributed by atoms with Crippen LogP contribution in [0.15, 0.2) is 0 Å². The molecule has 6 heavy (non-hydrogen) atoms. The Kier molecular flexibility index (Phi) is 0.843. The summed E-state index contributed by atoms with van der Waals surface area (Å²) in [5.41, 5.74) is 0. The molecule has 0 amide bonds. The first-order valence-electron chi connectivity index (χ1n) is 1.55. The van der Waals surface area contributed by atoms with Crippen molar-refractivity contribution in [3.05, 3.63) is 0 Å². The van der Waals surface area contributed by atoms with Crippen LogP contribution in [-0.2, 0) is 9.45 Å². The molecule has 0 fully saturated rings. The van der Waals surface area contributed by atoms with Crippen LogP contribution in [0.2, 0.25) is 0 Å². The van der Waals surface area contributed by atoms with Crippen molar-refractivity contribution in [2.24, 2.45) is 0 Å². The third-order valence-corrected chi connectivity index (χ3v) is 0. The van der Waals surface area contributed by atoms with E-state index >= 15 is 0 Å². The fourth-order valence-corrected chi connectivity index (χ4v) is 0. The second-order valence-electron chi connectivity index (χ2n) is 2.25. The van der Waals surface area contributed by atoms with Crippen molar-refractivity contribution >= 4 is 9.45 Å². The predicted molar refractivity (Wildman–Crippen MR) is 27.0 cm³/mol. The van der Waals surface area contributed by atoms with E-state index in [1.54, 1.807) is 0 Å². The number of hydrogen-bond donors (Lipinski definition) is 0. The lowest BCUT2D eigenvalue weighted by Crippen LogP contribution is -2.18. The molecule has 0 spiro atoms. The van der Waals surface area contributed by atoms with Gasteiger partial charge in [-0.2, -0.15) is 3.89 Å². The highest BCUT2D eigenvalue weighted by Crippen LogP contribution is 2.10. The summed E-state index contributed by atoms with van der Waals surface area (Å²) in [5, 5.41) is 0. The molecule has 0 aliphatic heterocycles. The van der Waals surface area contributed by atoms with Gasteiger partial charge in [0.25, 0.3) is 0 Å². The molecular weight excluding hydrogens is 103 g/mol. The van der Waals surface area contributed by atoms with E-state index in [1.807, 2.05) is 0 Å². The van der Waals surface area contributed by atoms with E-state index in [4.69, 9.17) is 0 Å². The molecular formula is C3H9FOS. The summed E-state index contributed by atoms with van der Waals surface area (Å²) in [6, 6.07) is 0. The molecule has 0 aromatic rings. The summed E-state index contributed by atoms with van der Waals surface area (Å²) in [6.45, 7) is 0. The highest BCUT2D eigenvalue weighted by Gasteiger charge is 2.11. The number of halogens is 1. The standard InChI is InChI=1S/C3H9FOS/c1-6(2,3,4)5/h1-3H3. The fraction of sp³-hybridized carbons (Fsp3) is 1.00. The zero-order valence-corrected chi connectivity index (χ0v) is 5.01. The zero-order valence-electron chi connectivity index (χ0n) is 4.19. The molecule has 0 aromatic heterocycles. The summed E-state index contributed by atoms with van der Waals surface area (Å²) in [5.74, 6) is 0. The normalized spacial score (nSPS) is 19.0. The third-order valence-electron chi connectivity index (χ3n) is 0. The monoisotopic (exact) mass is 112 g/mol. The van der Waals surface area contributed by atoms with E-state index < -0.39 is 9.45 Å². The van der Waals surface area contributed by atoms with Crippen LogP contribution in [-0.4, -0.2) is 23.0 Å². The van der Waals surface area contributed by atoms with E-state index in [9.17, 15) is 8.09 Å².